The predicted octanol–water partition coefficient (Wildman–Crippen LogP) is 2.65. The van der Waals surface area contributed by atoms with Crippen LogP contribution >= 0.6 is 0 Å². The molecule has 1 aliphatic rings. The van der Waals surface area contributed by atoms with Gasteiger partial charge in [-0.15, -0.1) is 0 Å². The third-order valence-electron chi connectivity index (χ3n) is 4.16. The Hall–Kier alpha value is -2.35. The summed E-state index contributed by atoms with van der Waals surface area (Å²) in [4.78, 5) is 25.3. The van der Waals surface area contributed by atoms with Crippen LogP contribution in [0.25, 0.3) is 0 Å². The Morgan fingerprint density at radius 1 is 1.24 bits per heavy atom. The van der Waals surface area contributed by atoms with Crippen LogP contribution in [0.1, 0.15) is 24.5 Å². The van der Waals surface area contributed by atoms with Gasteiger partial charge in [-0.3, -0.25) is 9.59 Å². The lowest BCUT2D eigenvalue weighted by molar-refractivity contribution is -0.206. The fraction of sp³-hybridized carbons (Fsp3) is 0.412. The summed E-state index contributed by atoms with van der Waals surface area (Å²) in [5.74, 6) is -0.679. The van der Waals surface area contributed by atoms with Gasteiger partial charge in [0.05, 0.1) is 0 Å². The van der Waals surface area contributed by atoms with E-state index in [0.717, 1.165) is 12.1 Å². The molecule has 25 heavy (non-hydrogen) atoms. The molecule has 0 saturated carbocycles. The number of nitrogens with one attached hydrogen (secondary N) is 1. The minimum atomic E-state index is -4.73. The molecule has 136 valence electrons. The van der Waals surface area contributed by atoms with Crippen molar-refractivity contribution in [3.8, 4) is 0 Å². The number of halogens is 3. The molecule has 2 rings (SSSR count). The van der Waals surface area contributed by atoms with Crippen LogP contribution in [0.5, 0.6) is 0 Å². The highest BCUT2D eigenvalue weighted by molar-refractivity contribution is 5.93. The van der Waals surface area contributed by atoms with Crippen molar-refractivity contribution in [1.29, 1.82) is 0 Å². The maximum atomic E-state index is 12.4. The third kappa shape index (κ3) is 4.82. The highest BCUT2D eigenvalue weighted by atomic mass is 19.4. The number of piperidine rings is 1. The number of carbonyl (C=O) groups excluding carboxylic acids is 2. The second kappa shape index (κ2) is 7.69. The standard InChI is InChI=1S/C17H19F3N2O3/c1-2-14(23)22-9-7-12(8-10-22)16(25)21-13-5-3-11(4-6-13)15(24)17(18,19)20/h2-6,12,15,24H,1,7-10H2,(H,21,25). The minimum Gasteiger partial charge on any atom is -0.379 e. The number of benzene rings is 1. The van der Waals surface area contributed by atoms with Gasteiger partial charge in [-0.1, -0.05) is 18.7 Å². The number of anilines is 1. The van der Waals surface area contributed by atoms with Gasteiger partial charge in [0.2, 0.25) is 11.8 Å². The first-order valence-corrected chi connectivity index (χ1v) is 7.79. The maximum Gasteiger partial charge on any atom is 0.418 e. The average Bonchev–Trinajstić information content (AvgIpc) is 2.60. The number of carbonyl (C=O) groups is 2. The van der Waals surface area contributed by atoms with Crippen LogP contribution in [-0.2, 0) is 9.59 Å². The smallest absolute Gasteiger partial charge is 0.379 e. The number of likely N-dealkylation sites (tertiary alicyclic amines) is 1. The van der Waals surface area contributed by atoms with E-state index in [0.29, 0.717) is 31.6 Å². The molecule has 0 aliphatic carbocycles. The minimum absolute atomic E-state index is 0.169. The number of aliphatic hydroxyl groups excluding tert-OH is 1. The molecule has 0 spiro atoms. The molecule has 1 aromatic rings. The van der Waals surface area contributed by atoms with Crippen molar-refractivity contribution in [3.05, 3.63) is 42.5 Å². The Kier molecular flexibility index (Phi) is 5.84. The molecule has 2 amide bonds. The van der Waals surface area contributed by atoms with Crippen molar-refractivity contribution >= 4 is 17.5 Å². The molecule has 1 heterocycles. The second-order valence-electron chi connectivity index (χ2n) is 5.86. The molecule has 1 aliphatic heterocycles. The van der Waals surface area contributed by atoms with Crippen LogP contribution in [0, 0.1) is 5.92 Å². The second-order valence-corrected chi connectivity index (χ2v) is 5.86. The van der Waals surface area contributed by atoms with Gasteiger partial charge >= 0.3 is 6.18 Å². The topological polar surface area (TPSA) is 69.6 Å². The van der Waals surface area contributed by atoms with Crippen molar-refractivity contribution in [2.45, 2.75) is 25.1 Å². The van der Waals surface area contributed by atoms with Crippen molar-refractivity contribution in [2.75, 3.05) is 18.4 Å². The van der Waals surface area contributed by atoms with E-state index in [1.807, 2.05) is 0 Å². The van der Waals surface area contributed by atoms with Crippen LogP contribution in [-0.4, -0.2) is 41.1 Å². The van der Waals surface area contributed by atoms with Gasteiger partial charge in [-0.05, 0) is 36.6 Å². The van der Waals surface area contributed by atoms with Gasteiger partial charge < -0.3 is 15.3 Å². The molecule has 0 aromatic heterocycles. The van der Waals surface area contributed by atoms with E-state index in [4.69, 9.17) is 0 Å². The van der Waals surface area contributed by atoms with Crippen molar-refractivity contribution in [1.82, 2.24) is 4.90 Å². The lowest BCUT2D eigenvalue weighted by Gasteiger charge is -2.30. The lowest BCUT2D eigenvalue weighted by atomic mass is 9.95. The fourth-order valence-electron chi connectivity index (χ4n) is 2.67. The summed E-state index contributed by atoms with van der Waals surface area (Å²) < 4.78 is 37.3. The summed E-state index contributed by atoms with van der Waals surface area (Å²) in [6.45, 7) is 4.34. The molecule has 1 aromatic carbocycles. The molecule has 1 unspecified atom stereocenters. The Morgan fingerprint density at radius 2 is 1.80 bits per heavy atom. The van der Waals surface area contributed by atoms with Crippen molar-refractivity contribution in [3.63, 3.8) is 0 Å². The average molecular weight is 356 g/mol. The summed E-state index contributed by atoms with van der Waals surface area (Å²) in [7, 11) is 0. The Bertz CT molecular complexity index is 636. The van der Waals surface area contributed by atoms with Gasteiger partial charge in [0, 0.05) is 24.7 Å². The molecule has 0 radical (unpaired) electrons. The normalized spacial score (nSPS) is 17.0. The third-order valence-corrected chi connectivity index (χ3v) is 4.16. The number of hydrogen-bond acceptors (Lipinski definition) is 3. The number of hydrogen-bond donors (Lipinski definition) is 2. The van der Waals surface area contributed by atoms with E-state index in [2.05, 4.69) is 11.9 Å². The number of rotatable bonds is 4. The molecule has 5 nitrogen and oxygen atoms in total. The molecule has 0 bridgehead atoms. The maximum absolute atomic E-state index is 12.4. The van der Waals surface area contributed by atoms with Gasteiger partial charge in [0.15, 0.2) is 6.10 Å². The monoisotopic (exact) mass is 356 g/mol. The van der Waals surface area contributed by atoms with Crippen molar-refractivity contribution < 1.29 is 27.9 Å². The first-order chi connectivity index (χ1) is 11.7. The summed E-state index contributed by atoms with van der Waals surface area (Å²) in [6, 6.07) is 4.88. The molecule has 1 fully saturated rings. The zero-order chi connectivity index (χ0) is 18.6. The van der Waals surface area contributed by atoms with Gasteiger partial charge in [-0.25, -0.2) is 0 Å². The zero-order valence-corrected chi connectivity index (χ0v) is 13.4. The fourth-order valence-corrected chi connectivity index (χ4v) is 2.67. The highest BCUT2D eigenvalue weighted by Gasteiger charge is 2.39. The zero-order valence-electron chi connectivity index (χ0n) is 13.4. The Morgan fingerprint density at radius 3 is 2.28 bits per heavy atom. The van der Waals surface area contributed by atoms with Gasteiger partial charge in [-0.2, -0.15) is 13.2 Å². The van der Waals surface area contributed by atoms with E-state index < -0.39 is 12.3 Å². The van der Waals surface area contributed by atoms with E-state index in [1.165, 1.54) is 18.2 Å². The Balaban J connectivity index is 1.91. The molecule has 1 atom stereocenters. The van der Waals surface area contributed by atoms with E-state index in [1.54, 1.807) is 4.90 Å². The molecular formula is C17H19F3N2O3. The summed E-state index contributed by atoms with van der Waals surface area (Å²) in [5.41, 5.74) is 0.0643. The summed E-state index contributed by atoms with van der Waals surface area (Å²) in [5, 5.41) is 11.8. The number of nitrogens with zero attached hydrogens (tertiary/aromatic N) is 1. The lowest BCUT2D eigenvalue weighted by Crippen LogP contribution is -2.40. The van der Waals surface area contributed by atoms with Crippen LogP contribution in [0.2, 0.25) is 0 Å². The van der Waals surface area contributed by atoms with Crippen LogP contribution in [0.3, 0.4) is 0 Å². The van der Waals surface area contributed by atoms with Crippen LogP contribution in [0.4, 0.5) is 18.9 Å². The molecular weight excluding hydrogens is 337 g/mol. The van der Waals surface area contributed by atoms with Crippen LogP contribution < -0.4 is 5.32 Å². The van der Waals surface area contributed by atoms with Gasteiger partial charge in [0.25, 0.3) is 0 Å². The predicted molar refractivity (Wildman–Crippen MR) is 85.6 cm³/mol. The van der Waals surface area contributed by atoms with Gasteiger partial charge in [0.1, 0.15) is 0 Å². The highest BCUT2D eigenvalue weighted by Crippen LogP contribution is 2.32. The van der Waals surface area contributed by atoms with E-state index >= 15 is 0 Å². The SMILES string of the molecule is C=CC(=O)N1CCC(C(=O)Nc2ccc(C(O)C(F)(F)F)cc2)CC1. The number of aliphatic hydroxyl groups is 1. The number of alkyl halides is 3. The quantitative estimate of drug-likeness (QED) is 0.815. The van der Waals surface area contributed by atoms with Crippen molar-refractivity contribution in [2.24, 2.45) is 5.92 Å². The Labute approximate surface area is 143 Å². The first-order valence-electron chi connectivity index (χ1n) is 7.79. The molecule has 8 heteroatoms. The molecule has 2 N–H and O–H groups in total. The summed E-state index contributed by atoms with van der Waals surface area (Å²) in [6.07, 6.45) is -5.03. The van der Waals surface area contributed by atoms with E-state index in [-0.39, 0.29) is 23.3 Å². The number of amides is 2. The molecule has 1 saturated heterocycles. The summed E-state index contributed by atoms with van der Waals surface area (Å²) >= 11 is 0. The van der Waals surface area contributed by atoms with E-state index in [9.17, 15) is 27.9 Å². The van der Waals surface area contributed by atoms with Crippen LogP contribution in [0.15, 0.2) is 36.9 Å². The first kappa shape index (κ1) is 19.0. The largest absolute Gasteiger partial charge is 0.418 e.